The number of carbonyl (C=O) groups is 1. The number of rotatable bonds is 9. The maximum atomic E-state index is 11.1. The summed E-state index contributed by atoms with van der Waals surface area (Å²) in [6.45, 7) is 4.67. The van der Waals surface area contributed by atoms with E-state index in [4.69, 9.17) is 19.6 Å². The van der Waals surface area contributed by atoms with Crippen LogP contribution in [0.5, 0.6) is 11.5 Å². The van der Waals surface area contributed by atoms with E-state index >= 15 is 0 Å². The lowest BCUT2D eigenvalue weighted by Crippen LogP contribution is -2.04. The van der Waals surface area contributed by atoms with Crippen molar-refractivity contribution in [2.24, 2.45) is 0 Å². The number of para-hydroxylation sites is 1. The Kier molecular flexibility index (Phi) is 7.14. The van der Waals surface area contributed by atoms with Crippen molar-refractivity contribution >= 4 is 11.6 Å². The van der Waals surface area contributed by atoms with Gasteiger partial charge in [0.05, 0.1) is 24.6 Å². The van der Waals surface area contributed by atoms with Gasteiger partial charge in [0.25, 0.3) is 0 Å². The van der Waals surface area contributed by atoms with Gasteiger partial charge in [-0.3, -0.25) is 4.79 Å². The summed E-state index contributed by atoms with van der Waals surface area (Å²) in [6.07, 6.45) is 3.97. The Morgan fingerprint density at radius 2 is 1.85 bits per heavy atom. The summed E-state index contributed by atoms with van der Waals surface area (Å²) in [7, 11) is 0. The highest BCUT2D eigenvalue weighted by Crippen LogP contribution is 2.29. The molecule has 0 amide bonds. The molecule has 0 fully saturated rings. The van der Waals surface area contributed by atoms with Gasteiger partial charge in [-0.15, -0.1) is 5.92 Å². The third-order valence-corrected chi connectivity index (χ3v) is 5.36. The van der Waals surface area contributed by atoms with Crippen LogP contribution in [0.25, 0.3) is 16.9 Å². The molecule has 1 unspecified atom stereocenters. The molecule has 1 N–H and O–H groups in total. The van der Waals surface area contributed by atoms with Crippen molar-refractivity contribution in [2.75, 3.05) is 6.61 Å². The van der Waals surface area contributed by atoms with Crippen LogP contribution in [-0.2, 0) is 11.4 Å². The van der Waals surface area contributed by atoms with Crippen molar-refractivity contribution in [3.8, 4) is 34.6 Å². The molecule has 2 aromatic carbocycles. The second-order valence-electron chi connectivity index (χ2n) is 7.76. The normalized spacial score (nSPS) is 11.5. The van der Waals surface area contributed by atoms with Gasteiger partial charge in [0.2, 0.25) is 0 Å². The molecular weight excluding hydrogens is 428 g/mol. The monoisotopic (exact) mass is 454 g/mol. The summed E-state index contributed by atoms with van der Waals surface area (Å²) in [5.74, 6) is 6.09. The van der Waals surface area contributed by atoms with Crippen LogP contribution in [0.15, 0.2) is 73.1 Å². The summed E-state index contributed by atoms with van der Waals surface area (Å²) in [6, 6.07) is 19.3. The van der Waals surface area contributed by atoms with Gasteiger partial charge < -0.3 is 19.0 Å². The molecule has 2 heterocycles. The number of nitrogens with zero attached hydrogens (tertiary/aromatic N) is 2. The molecule has 4 aromatic rings. The lowest BCUT2D eigenvalue weighted by Gasteiger charge is -2.11. The Morgan fingerprint density at radius 1 is 1.06 bits per heavy atom. The molecule has 0 saturated carbocycles. The van der Waals surface area contributed by atoms with Crippen molar-refractivity contribution in [3.63, 3.8) is 0 Å². The van der Waals surface area contributed by atoms with E-state index in [-0.39, 0.29) is 12.3 Å². The minimum atomic E-state index is -0.868. The van der Waals surface area contributed by atoms with E-state index < -0.39 is 5.97 Å². The molecule has 0 aliphatic heterocycles. The van der Waals surface area contributed by atoms with Gasteiger partial charge in [-0.05, 0) is 49.7 Å². The second-order valence-corrected chi connectivity index (χ2v) is 7.76. The maximum Gasteiger partial charge on any atom is 0.304 e. The first-order valence-electron chi connectivity index (χ1n) is 11.1. The molecule has 4 rings (SSSR count). The number of carboxylic acid groups (broad SMARTS) is 1. The molecule has 34 heavy (non-hydrogen) atoms. The molecule has 0 aliphatic carbocycles. The molecule has 172 valence electrons. The molecule has 0 spiro atoms. The van der Waals surface area contributed by atoms with Crippen molar-refractivity contribution in [3.05, 3.63) is 84.2 Å². The summed E-state index contributed by atoms with van der Waals surface area (Å²) in [5, 5.41) is 9.11. The summed E-state index contributed by atoms with van der Waals surface area (Å²) >= 11 is 0. The van der Waals surface area contributed by atoms with E-state index in [1.165, 1.54) is 0 Å². The van der Waals surface area contributed by atoms with Crippen LogP contribution in [0.1, 0.15) is 37.3 Å². The number of ether oxygens (including phenoxy) is 2. The lowest BCUT2D eigenvalue weighted by molar-refractivity contribution is -0.137. The number of carboxylic acids is 1. The molecule has 0 radical (unpaired) electrons. The van der Waals surface area contributed by atoms with Crippen molar-refractivity contribution in [1.82, 2.24) is 9.38 Å². The number of imidazole rings is 1. The average Bonchev–Trinajstić information content (AvgIpc) is 3.26. The van der Waals surface area contributed by atoms with Gasteiger partial charge in [-0.1, -0.05) is 36.3 Å². The van der Waals surface area contributed by atoms with Gasteiger partial charge in [-0.25, -0.2) is 4.98 Å². The van der Waals surface area contributed by atoms with Crippen LogP contribution in [0.2, 0.25) is 0 Å². The number of fused-ring (bicyclic) bond motifs is 1. The van der Waals surface area contributed by atoms with Gasteiger partial charge >= 0.3 is 5.97 Å². The third-order valence-electron chi connectivity index (χ3n) is 5.36. The lowest BCUT2D eigenvalue weighted by atomic mass is 9.96. The first kappa shape index (κ1) is 22.9. The molecule has 0 aliphatic rings. The molecular formula is C28H26N2O4. The van der Waals surface area contributed by atoms with Gasteiger partial charge in [0.1, 0.15) is 23.8 Å². The van der Waals surface area contributed by atoms with Crippen LogP contribution in [-0.4, -0.2) is 27.1 Å². The SMILES string of the molecule is CC#CC(CC(=O)O)c1ccc(OCc2ccc3nc(-c4ccccc4OCC)cn3c2)cc1. The number of hydrogen-bond donors (Lipinski definition) is 1. The van der Waals surface area contributed by atoms with E-state index in [1.54, 1.807) is 6.92 Å². The Hall–Kier alpha value is -4.24. The average molecular weight is 455 g/mol. The van der Waals surface area contributed by atoms with Crippen molar-refractivity contribution in [2.45, 2.75) is 32.8 Å². The zero-order valence-electron chi connectivity index (χ0n) is 19.2. The minimum Gasteiger partial charge on any atom is -0.493 e. The first-order valence-corrected chi connectivity index (χ1v) is 11.1. The van der Waals surface area contributed by atoms with Crippen LogP contribution in [0, 0.1) is 11.8 Å². The third kappa shape index (κ3) is 5.38. The summed E-state index contributed by atoms with van der Waals surface area (Å²) < 4.78 is 13.7. The number of aliphatic carboxylic acids is 1. The zero-order chi connectivity index (χ0) is 23.9. The van der Waals surface area contributed by atoms with Crippen molar-refractivity contribution < 1.29 is 19.4 Å². The summed E-state index contributed by atoms with van der Waals surface area (Å²) in [4.78, 5) is 15.8. The Labute approximate surface area is 198 Å². The highest BCUT2D eigenvalue weighted by Gasteiger charge is 2.13. The Morgan fingerprint density at radius 3 is 2.59 bits per heavy atom. The minimum absolute atomic E-state index is 0.0248. The molecule has 6 heteroatoms. The van der Waals surface area contributed by atoms with E-state index in [0.29, 0.717) is 19.0 Å². The highest BCUT2D eigenvalue weighted by molar-refractivity contribution is 5.69. The molecule has 6 nitrogen and oxygen atoms in total. The Bertz CT molecular complexity index is 1350. The number of pyridine rings is 1. The first-order chi connectivity index (χ1) is 16.6. The standard InChI is InChI=1S/C28H26N2O4/c1-3-7-22(16-28(31)32)21-11-13-23(14-12-21)34-19-20-10-15-27-29-25(18-30(27)17-20)24-8-5-6-9-26(24)33-4-2/h5-6,8-15,17-18,22H,4,16,19H2,1-2H3,(H,31,32). The fourth-order valence-corrected chi connectivity index (χ4v) is 3.78. The van der Waals surface area contributed by atoms with Crippen LogP contribution in [0.3, 0.4) is 0 Å². The number of benzene rings is 2. The summed E-state index contributed by atoms with van der Waals surface area (Å²) in [5.41, 5.74) is 4.52. The second kappa shape index (κ2) is 10.6. The smallest absolute Gasteiger partial charge is 0.304 e. The fraction of sp³-hybridized carbons (Fsp3) is 0.214. The number of aromatic nitrogens is 2. The topological polar surface area (TPSA) is 73.1 Å². The molecule has 0 bridgehead atoms. The predicted molar refractivity (Wildman–Crippen MR) is 131 cm³/mol. The maximum absolute atomic E-state index is 11.1. The van der Waals surface area contributed by atoms with Crippen LogP contribution in [0.4, 0.5) is 0 Å². The predicted octanol–water partition coefficient (Wildman–Crippen LogP) is 5.56. The van der Waals surface area contributed by atoms with E-state index in [2.05, 4.69) is 11.8 Å². The quantitative estimate of drug-likeness (QED) is 0.335. The molecule has 2 aromatic heterocycles. The van der Waals surface area contributed by atoms with E-state index in [1.807, 2.05) is 84.4 Å². The van der Waals surface area contributed by atoms with Crippen molar-refractivity contribution in [1.29, 1.82) is 0 Å². The zero-order valence-corrected chi connectivity index (χ0v) is 19.2. The van der Waals surface area contributed by atoms with Gasteiger partial charge in [-0.2, -0.15) is 0 Å². The molecule has 0 saturated heterocycles. The molecule has 1 atom stereocenters. The largest absolute Gasteiger partial charge is 0.493 e. The highest BCUT2D eigenvalue weighted by atomic mass is 16.5. The van der Waals surface area contributed by atoms with Gasteiger partial charge in [0.15, 0.2) is 0 Å². The number of hydrogen-bond acceptors (Lipinski definition) is 4. The van der Waals surface area contributed by atoms with Crippen LogP contribution >= 0.6 is 0 Å². The fourth-order valence-electron chi connectivity index (χ4n) is 3.78. The van der Waals surface area contributed by atoms with Gasteiger partial charge in [0, 0.05) is 23.5 Å². The van der Waals surface area contributed by atoms with E-state index in [9.17, 15) is 4.79 Å². The van der Waals surface area contributed by atoms with E-state index in [0.717, 1.165) is 33.8 Å². The van der Waals surface area contributed by atoms with Crippen LogP contribution < -0.4 is 9.47 Å². The Balaban J connectivity index is 1.47.